The number of nitrogens with zero attached hydrogens (tertiary/aromatic N) is 3. The van der Waals surface area contributed by atoms with E-state index in [1.54, 1.807) is 17.0 Å². The van der Waals surface area contributed by atoms with E-state index < -0.39 is 16.4 Å². The number of hydrogen-bond donors (Lipinski definition) is 1. The summed E-state index contributed by atoms with van der Waals surface area (Å²) in [5, 5.41) is 14.9. The molecule has 0 spiro atoms. The van der Waals surface area contributed by atoms with Gasteiger partial charge in [0.15, 0.2) is 0 Å². The lowest BCUT2D eigenvalue weighted by atomic mass is 10.1. The van der Waals surface area contributed by atoms with Gasteiger partial charge in [-0.1, -0.05) is 24.3 Å². The van der Waals surface area contributed by atoms with Crippen LogP contribution < -0.4 is 5.32 Å². The van der Waals surface area contributed by atoms with Gasteiger partial charge in [0.05, 0.1) is 10.6 Å². The maximum absolute atomic E-state index is 12.9. The molecule has 3 aromatic carbocycles. The second-order valence-electron chi connectivity index (χ2n) is 11.0. The Morgan fingerprint density at radius 1 is 0.976 bits per heavy atom. The molecule has 1 aliphatic heterocycles. The zero-order chi connectivity index (χ0) is 29.1. The van der Waals surface area contributed by atoms with Gasteiger partial charge in [-0.3, -0.25) is 19.8 Å². The highest BCUT2D eigenvalue weighted by Gasteiger charge is 2.26. The molecule has 0 aliphatic carbocycles. The number of benzene rings is 3. The van der Waals surface area contributed by atoms with Crippen molar-refractivity contribution in [1.82, 2.24) is 9.80 Å². The average Bonchev–Trinajstić information content (AvgIpc) is 3.36. The van der Waals surface area contributed by atoms with Crippen LogP contribution in [0.1, 0.15) is 36.7 Å². The van der Waals surface area contributed by atoms with Crippen LogP contribution in [0.5, 0.6) is 0 Å². The third-order valence-electron chi connectivity index (χ3n) is 6.77. The fourth-order valence-corrected chi connectivity index (χ4v) is 4.76. The van der Waals surface area contributed by atoms with Gasteiger partial charge in [0.25, 0.3) is 11.6 Å². The minimum absolute atomic E-state index is 0.149. The molecule has 10 heteroatoms. The molecule has 0 radical (unpaired) electrons. The number of nitro groups is 1. The first-order valence-corrected chi connectivity index (χ1v) is 13.4. The van der Waals surface area contributed by atoms with Gasteiger partial charge < -0.3 is 19.4 Å². The number of piperazine rings is 1. The number of fused-ring (bicyclic) bond motifs is 1. The van der Waals surface area contributed by atoms with E-state index in [0.29, 0.717) is 30.1 Å². The van der Waals surface area contributed by atoms with E-state index in [9.17, 15) is 19.7 Å². The van der Waals surface area contributed by atoms with Gasteiger partial charge in [-0.2, -0.15) is 0 Å². The molecule has 212 valence electrons. The van der Waals surface area contributed by atoms with Crippen molar-refractivity contribution in [3.63, 3.8) is 0 Å². The first-order valence-electron chi connectivity index (χ1n) is 13.4. The Balaban J connectivity index is 1.28. The van der Waals surface area contributed by atoms with Crippen molar-refractivity contribution < 1.29 is 23.7 Å². The van der Waals surface area contributed by atoms with Gasteiger partial charge in [-0.15, -0.1) is 0 Å². The number of carbonyl (C=O) groups is 2. The summed E-state index contributed by atoms with van der Waals surface area (Å²) in [5.74, 6) is 0.143. The number of non-ortho nitro benzene ring substituents is 1. The van der Waals surface area contributed by atoms with Crippen LogP contribution in [0.2, 0.25) is 0 Å². The van der Waals surface area contributed by atoms with Gasteiger partial charge in [0.1, 0.15) is 16.9 Å². The van der Waals surface area contributed by atoms with Crippen LogP contribution in [0.4, 0.5) is 16.2 Å². The number of hydrogen-bond acceptors (Lipinski definition) is 7. The molecule has 0 unspecified atom stereocenters. The summed E-state index contributed by atoms with van der Waals surface area (Å²) in [6, 6.07) is 20.9. The molecule has 4 aromatic rings. The molecule has 0 atom stereocenters. The SMILES string of the molecule is CC(C)(C)OC(=O)N1CCN(Cc2ccc3oc(-c4ccccc4NC(=O)c4cccc([N+](=O)[O-])c4)cc3c2)CC1. The first kappa shape index (κ1) is 27.9. The molecule has 1 aromatic heterocycles. The predicted octanol–water partition coefficient (Wildman–Crippen LogP) is 6.31. The smallest absolute Gasteiger partial charge is 0.410 e. The fraction of sp³-hybridized carbons (Fsp3) is 0.290. The Hall–Kier alpha value is -4.70. The van der Waals surface area contributed by atoms with Gasteiger partial charge in [0, 0.05) is 61.4 Å². The minimum atomic E-state index is -0.530. The summed E-state index contributed by atoms with van der Waals surface area (Å²) in [4.78, 5) is 39.9. The largest absolute Gasteiger partial charge is 0.456 e. The fourth-order valence-electron chi connectivity index (χ4n) is 4.76. The molecule has 5 rings (SSSR count). The molecule has 1 aliphatic rings. The third kappa shape index (κ3) is 6.72. The predicted molar refractivity (Wildman–Crippen MR) is 156 cm³/mol. The van der Waals surface area contributed by atoms with E-state index in [2.05, 4.69) is 16.3 Å². The highest BCUT2D eigenvalue weighted by atomic mass is 16.6. The normalized spacial score (nSPS) is 14.2. The molecular weight excluding hydrogens is 524 g/mol. The van der Waals surface area contributed by atoms with Gasteiger partial charge in [-0.25, -0.2) is 4.79 Å². The number of furan rings is 1. The van der Waals surface area contributed by atoms with Gasteiger partial charge in [-0.05, 0) is 62.7 Å². The number of nitro benzene ring substituents is 1. The van der Waals surface area contributed by atoms with E-state index in [-0.39, 0.29) is 17.3 Å². The number of ether oxygens (including phenoxy) is 1. The maximum atomic E-state index is 12.9. The first-order chi connectivity index (χ1) is 19.6. The summed E-state index contributed by atoms with van der Waals surface area (Å²) < 4.78 is 11.6. The molecule has 1 saturated heterocycles. The topological polar surface area (TPSA) is 118 Å². The highest BCUT2D eigenvalue weighted by molar-refractivity contribution is 6.06. The quantitative estimate of drug-likeness (QED) is 0.218. The van der Waals surface area contributed by atoms with Crippen LogP contribution in [-0.2, 0) is 11.3 Å². The molecular formula is C31H32N4O6. The van der Waals surface area contributed by atoms with Crippen LogP contribution >= 0.6 is 0 Å². The molecule has 2 heterocycles. The summed E-state index contributed by atoms with van der Waals surface area (Å²) in [7, 11) is 0. The van der Waals surface area contributed by atoms with Crippen molar-refractivity contribution in [2.24, 2.45) is 0 Å². The monoisotopic (exact) mass is 556 g/mol. The van der Waals surface area contributed by atoms with Crippen LogP contribution in [0.25, 0.3) is 22.3 Å². The van der Waals surface area contributed by atoms with E-state index in [0.717, 1.165) is 36.2 Å². The number of para-hydroxylation sites is 1. The van der Waals surface area contributed by atoms with E-state index >= 15 is 0 Å². The number of amides is 2. The molecule has 0 bridgehead atoms. The van der Waals surface area contributed by atoms with E-state index in [1.807, 2.05) is 51.1 Å². The number of carbonyl (C=O) groups excluding carboxylic acids is 2. The van der Waals surface area contributed by atoms with Crippen molar-refractivity contribution in [1.29, 1.82) is 0 Å². The molecule has 1 N–H and O–H groups in total. The van der Waals surface area contributed by atoms with Crippen LogP contribution in [0.15, 0.2) is 77.2 Å². The van der Waals surface area contributed by atoms with Gasteiger partial charge >= 0.3 is 6.09 Å². The van der Waals surface area contributed by atoms with Gasteiger partial charge in [0.2, 0.25) is 0 Å². The molecule has 0 saturated carbocycles. The number of rotatable bonds is 6. The molecule has 41 heavy (non-hydrogen) atoms. The Bertz CT molecular complexity index is 1600. The van der Waals surface area contributed by atoms with Crippen LogP contribution in [-0.4, -0.2) is 58.5 Å². The van der Waals surface area contributed by atoms with Crippen LogP contribution in [0, 0.1) is 10.1 Å². The van der Waals surface area contributed by atoms with Crippen molar-refractivity contribution >= 4 is 34.3 Å². The summed E-state index contributed by atoms with van der Waals surface area (Å²) in [5.41, 5.74) is 2.61. The molecule has 10 nitrogen and oxygen atoms in total. The Morgan fingerprint density at radius 3 is 2.46 bits per heavy atom. The molecule has 2 amide bonds. The Kier molecular flexibility index (Phi) is 7.76. The second kappa shape index (κ2) is 11.4. The zero-order valence-corrected chi connectivity index (χ0v) is 23.3. The second-order valence-corrected chi connectivity index (χ2v) is 11.0. The lowest BCUT2D eigenvalue weighted by Crippen LogP contribution is -2.49. The number of anilines is 1. The van der Waals surface area contributed by atoms with E-state index in [1.165, 1.54) is 24.3 Å². The standard InChI is InChI=1S/C31H32N4O6/c1-31(2,3)41-30(37)34-15-13-33(14-16-34)20-21-11-12-27-23(17-21)19-28(40-27)25-9-4-5-10-26(25)32-29(36)22-7-6-8-24(18-22)35(38)39/h4-12,17-19H,13-16,20H2,1-3H3,(H,32,36). The summed E-state index contributed by atoms with van der Waals surface area (Å²) >= 11 is 0. The average molecular weight is 557 g/mol. The van der Waals surface area contributed by atoms with Crippen molar-refractivity contribution in [3.05, 3.63) is 94.0 Å². The zero-order valence-electron chi connectivity index (χ0n) is 23.3. The third-order valence-corrected chi connectivity index (χ3v) is 6.77. The van der Waals surface area contributed by atoms with Crippen molar-refractivity contribution in [2.75, 3.05) is 31.5 Å². The van der Waals surface area contributed by atoms with E-state index in [4.69, 9.17) is 9.15 Å². The highest BCUT2D eigenvalue weighted by Crippen LogP contribution is 2.33. The van der Waals surface area contributed by atoms with Crippen molar-refractivity contribution in [2.45, 2.75) is 32.9 Å². The van der Waals surface area contributed by atoms with Crippen LogP contribution in [0.3, 0.4) is 0 Å². The summed E-state index contributed by atoms with van der Waals surface area (Å²) in [6.07, 6.45) is -0.272. The lowest BCUT2D eigenvalue weighted by Gasteiger charge is -2.35. The molecule has 1 fully saturated rings. The Labute approximate surface area is 237 Å². The minimum Gasteiger partial charge on any atom is -0.456 e. The number of nitrogens with one attached hydrogen (secondary N) is 1. The van der Waals surface area contributed by atoms with Crippen molar-refractivity contribution in [3.8, 4) is 11.3 Å². The summed E-state index contributed by atoms with van der Waals surface area (Å²) in [6.45, 7) is 9.10. The maximum Gasteiger partial charge on any atom is 0.410 e. The Morgan fingerprint density at radius 2 is 1.73 bits per heavy atom. The lowest BCUT2D eigenvalue weighted by molar-refractivity contribution is -0.384.